The van der Waals surface area contributed by atoms with Gasteiger partial charge in [-0.05, 0) is 37.8 Å². The average Bonchev–Trinajstić information content (AvgIpc) is 3.11. The highest BCUT2D eigenvalue weighted by Crippen LogP contribution is 2.39. The standard InChI is InChI=1S/C16H24N2O3/c1-17(2)15(19)14-5-6-16(21-14)7-9-18(10-8-16)12-13-4-3-11-20-13/h3-4,11,14H,5-10,12H2,1-2H3/t14-/m1/s1. The van der Waals surface area contributed by atoms with Crippen LogP contribution in [0.1, 0.15) is 31.4 Å². The molecule has 0 N–H and O–H groups in total. The molecule has 1 aromatic heterocycles. The highest BCUT2D eigenvalue weighted by atomic mass is 16.5. The number of furan rings is 1. The van der Waals surface area contributed by atoms with Crippen molar-refractivity contribution in [3.63, 3.8) is 0 Å². The van der Waals surface area contributed by atoms with E-state index in [1.807, 2.05) is 12.1 Å². The maximum Gasteiger partial charge on any atom is 0.251 e. The normalized spacial score (nSPS) is 25.3. The maximum absolute atomic E-state index is 12.0. The fourth-order valence-electron chi connectivity index (χ4n) is 3.39. The van der Waals surface area contributed by atoms with Crippen LogP contribution in [0.2, 0.25) is 0 Å². The molecule has 0 aromatic carbocycles. The summed E-state index contributed by atoms with van der Waals surface area (Å²) in [7, 11) is 3.59. The van der Waals surface area contributed by atoms with Crippen LogP contribution in [0.3, 0.4) is 0 Å². The number of hydrogen-bond donors (Lipinski definition) is 0. The van der Waals surface area contributed by atoms with Crippen molar-refractivity contribution in [2.75, 3.05) is 27.2 Å². The summed E-state index contributed by atoms with van der Waals surface area (Å²) in [5.41, 5.74) is -0.0734. The predicted octanol–water partition coefficient (Wildman–Crippen LogP) is 1.88. The highest BCUT2D eigenvalue weighted by molar-refractivity contribution is 5.80. The fraction of sp³-hybridized carbons (Fsp3) is 0.688. The minimum atomic E-state index is -0.239. The Morgan fingerprint density at radius 1 is 1.38 bits per heavy atom. The average molecular weight is 292 g/mol. The number of ether oxygens (including phenoxy) is 1. The Labute approximate surface area is 125 Å². The molecule has 1 atom stereocenters. The van der Waals surface area contributed by atoms with Crippen LogP contribution in [-0.4, -0.2) is 54.6 Å². The van der Waals surface area contributed by atoms with Crippen molar-refractivity contribution >= 4 is 5.91 Å². The summed E-state index contributed by atoms with van der Waals surface area (Å²) in [5, 5.41) is 0. The molecule has 5 heteroatoms. The van der Waals surface area contributed by atoms with Crippen LogP contribution in [-0.2, 0) is 16.1 Å². The van der Waals surface area contributed by atoms with Gasteiger partial charge in [-0.1, -0.05) is 0 Å². The summed E-state index contributed by atoms with van der Waals surface area (Å²) < 4.78 is 11.6. The lowest BCUT2D eigenvalue weighted by Crippen LogP contribution is -2.45. The van der Waals surface area contributed by atoms with Crippen molar-refractivity contribution in [3.8, 4) is 0 Å². The Morgan fingerprint density at radius 3 is 2.76 bits per heavy atom. The Bertz CT molecular complexity index is 476. The van der Waals surface area contributed by atoms with Gasteiger partial charge in [-0.15, -0.1) is 0 Å². The summed E-state index contributed by atoms with van der Waals surface area (Å²) in [4.78, 5) is 16.1. The van der Waals surface area contributed by atoms with E-state index in [-0.39, 0.29) is 17.6 Å². The van der Waals surface area contributed by atoms with E-state index in [0.29, 0.717) is 0 Å². The van der Waals surface area contributed by atoms with Crippen molar-refractivity contribution < 1.29 is 13.9 Å². The Morgan fingerprint density at radius 2 is 2.14 bits per heavy atom. The second-order valence-corrected chi connectivity index (χ2v) is 6.42. The van der Waals surface area contributed by atoms with Crippen LogP contribution in [0.15, 0.2) is 22.8 Å². The molecule has 1 spiro atoms. The molecule has 0 unspecified atom stereocenters. The molecule has 21 heavy (non-hydrogen) atoms. The molecule has 0 radical (unpaired) electrons. The lowest BCUT2D eigenvalue weighted by Gasteiger charge is -2.38. The zero-order chi connectivity index (χ0) is 14.9. The maximum atomic E-state index is 12.0. The SMILES string of the molecule is CN(C)C(=O)[C@H]1CCC2(CCN(Cc3ccco3)CC2)O1. The molecule has 3 rings (SSSR count). The Balaban J connectivity index is 1.52. The van der Waals surface area contributed by atoms with Gasteiger partial charge in [0.25, 0.3) is 5.91 Å². The van der Waals surface area contributed by atoms with Gasteiger partial charge >= 0.3 is 0 Å². The molecule has 2 fully saturated rings. The summed E-state index contributed by atoms with van der Waals surface area (Å²) in [6.07, 6.45) is 5.35. The topological polar surface area (TPSA) is 45.9 Å². The van der Waals surface area contributed by atoms with Crippen molar-refractivity contribution in [3.05, 3.63) is 24.2 Å². The van der Waals surface area contributed by atoms with Gasteiger partial charge in [-0.3, -0.25) is 9.69 Å². The molecule has 1 amide bonds. The predicted molar refractivity (Wildman–Crippen MR) is 78.8 cm³/mol. The van der Waals surface area contributed by atoms with E-state index in [9.17, 15) is 4.79 Å². The van der Waals surface area contributed by atoms with Gasteiger partial charge in [0.2, 0.25) is 0 Å². The third-order valence-electron chi connectivity index (χ3n) is 4.70. The molecule has 2 saturated heterocycles. The second kappa shape index (κ2) is 5.81. The number of likely N-dealkylation sites (tertiary alicyclic amines) is 1. The number of piperidine rings is 1. The van der Waals surface area contributed by atoms with Gasteiger partial charge in [-0.2, -0.15) is 0 Å². The zero-order valence-electron chi connectivity index (χ0n) is 12.9. The van der Waals surface area contributed by atoms with Gasteiger partial charge in [0.05, 0.1) is 18.4 Å². The Kier molecular flexibility index (Phi) is 4.04. The number of nitrogens with zero attached hydrogens (tertiary/aromatic N) is 2. The number of likely N-dealkylation sites (N-methyl/N-ethyl adjacent to an activating group) is 1. The lowest BCUT2D eigenvalue weighted by atomic mass is 9.88. The molecule has 3 heterocycles. The van der Waals surface area contributed by atoms with Crippen LogP contribution < -0.4 is 0 Å². The first kappa shape index (κ1) is 14.6. The van der Waals surface area contributed by atoms with Gasteiger partial charge < -0.3 is 14.1 Å². The third kappa shape index (κ3) is 3.14. The number of rotatable bonds is 3. The van der Waals surface area contributed by atoms with Gasteiger partial charge in [0.1, 0.15) is 11.9 Å². The molecule has 0 aliphatic carbocycles. The van der Waals surface area contributed by atoms with Crippen LogP contribution in [0.4, 0.5) is 0 Å². The molecular formula is C16H24N2O3. The van der Waals surface area contributed by atoms with Crippen LogP contribution >= 0.6 is 0 Å². The molecule has 5 nitrogen and oxygen atoms in total. The second-order valence-electron chi connectivity index (χ2n) is 6.42. The van der Waals surface area contributed by atoms with Crippen LogP contribution in [0.25, 0.3) is 0 Å². The smallest absolute Gasteiger partial charge is 0.251 e. The number of amides is 1. The molecule has 1 aromatic rings. The molecule has 2 aliphatic heterocycles. The monoisotopic (exact) mass is 292 g/mol. The van der Waals surface area contributed by atoms with Crippen molar-refractivity contribution in [2.45, 2.75) is 43.9 Å². The van der Waals surface area contributed by atoms with Gasteiger partial charge in [0.15, 0.2) is 0 Å². The molecule has 2 aliphatic rings. The van der Waals surface area contributed by atoms with E-state index in [0.717, 1.165) is 51.1 Å². The summed E-state index contributed by atoms with van der Waals surface area (Å²) in [5.74, 6) is 1.11. The summed E-state index contributed by atoms with van der Waals surface area (Å²) in [6, 6.07) is 3.94. The number of carbonyl (C=O) groups excluding carboxylic acids is 1. The van der Waals surface area contributed by atoms with Crippen LogP contribution in [0, 0.1) is 0 Å². The molecule has 0 bridgehead atoms. The minimum absolute atomic E-state index is 0.0734. The molecular weight excluding hydrogens is 268 g/mol. The van der Waals surface area contributed by atoms with E-state index in [1.165, 1.54) is 0 Å². The first-order valence-corrected chi connectivity index (χ1v) is 7.72. The fourth-order valence-corrected chi connectivity index (χ4v) is 3.39. The molecule has 116 valence electrons. The molecule has 0 saturated carbocycles. The first-order valence-electron chi connectivity index (χ1n) is 7.72. The van der Waals surface area contributed by atoms with Gasteiger partial charge in [0, 0.05) is 27.2 Å². The summed E-state index contributed by atoms with van der Waals surface area (Å²) in [6.45, 7) is 2.87. The van der Waals surface area contributed by atoms with E-state index >= 15 is 0 Å². The Hall–Kier alpha value is -1.33. The largest absolute Gasteiger partial charge is 0.468 e. The van der Waals surface area contributed by atoms with E-state index in [2.05, 4.69) is 4.90 Å². The third-order valence-corrected chi connectivity index (χ3v) is 4.70. The summed E-state index contributed by atoms with van der Waals surface area (Å²) >= 11 is 0. The van der Waals surface area contributed by atoms with E-state index in [4.69, 9.17) is 9.15 Å². The number of carbonyl (C=O) groups is 1. The van der Waals surface area contributed by atoms with Gasteiger partial charge in [-0.25, -0.2) is 0 Å². The van der Waals surface area contributed by atoms with Crippen molar-refractivity contribution in [1.29, 1.82) is 0 Å². The van der Waals surface area contributed by atoms with Crippen molar-refractivity contribution in [1.82, 2.24) is 9.80 Å². The quantitative estimate of drug-likeness (QED) is 0.853. The minimum Gasteiger partial charge on any atom is -0.468 e. The lowest BCUT2D eigenvalue weighted by molar-refractivity contribution is -0.148. The van der Waals surface area contributed by atoms with E-state index in [1.54, 1.807) is 25.3 Å². The highest BCUT2D eigenvalue weighted by Gasteiger charge is 2.44. The first-order chi connectivity index (χ1) is 10.1. The number of hydrogen-bond acceptors (Lipinski definition) is 4. The zero-order valence-corrected chi connectivity index (χ0v) is 12.9. The van der Waals surface area contributed by atoms with E-state index < -0.39 is 0 Å². The van der Waals surface area contributed by atoms with Crippen LogP contribution in [0.5, 0.6) is 0 Å². The van der Waals surface area contributed by atoms with Crippen molar-refractivity contribution in [2.24, 2.45) is 0 Å².